The van der Waals surface area contributed by atoms with Gasteiger partial charge in [0, 0.05) is 0 Å². The van der Waals surface area contributed by atoms with Crippen molar-refractivity contribution in [3.63, 3.8) is 0 Å². The van der Waals surface area contributed by atoms with Crippen LogP contribution in [0.4, 0.5) is 0 Å². The van der Waals surface area contributed by atoms with Crippen LogP contribution in [0.5, 0.6) is 0 Å². The molecule has 0 N–H and O–H groups in total. The van der Waals surface area contributed by atoms with Crippen molar-refractivity contribution in [2.24, 2.45) is 5.92 Å². The van der Waals surface area contributed by atoms with Crippen molar-refractivity contribution in [3.05, 3.63) is 10.6 Å². The number of hydrogen-bond acceptors (Lipinski definition) is 0. The average Bonchev–Trinajstić information content (AvgIpc) is 1.65. The number of hydrogen-bond donors (Lipinski definition) is 0. The molecule has 0 aromatic rings. The van der Waals surface area contributed by atoms with E-state index in [-0.39, 0.29) is 0 Å². The fourth-order valence-electron chi connectivity index (χ4n) is 0.126. The minimum Gasteiger partial charge on any atom is -0.0639 e. The second-order valence-corrected chi connectivity index (χ2v) is 2.47. The Morgan fingerprint density at radius 2 is 2.00 bits per heavy atom. The van der Waals surface area contributed by atoms with Gasteiger partial charge in [0.25, 0.3) is 0 Å². The highest BCUT2D eigenvalue weighted by Gasteiger charge is 1.91. The molecule has 0 spiro atoms. The maximum absolute atomic E-state index is 3.25. The van der Waals surface area contributed by atoms with Crippen LogP contribution >= 0.6 is 15.9 Å². The van der Waals surface area contributed by atoms with Crippen molar-refractivity contribution < 1.29 is 0 Å². The Balaban J connectivity index is 3.56. The molecule has 0 aliphatic rings. The van der Waals surface area contributed by atoms with Gasteiger partial charge in [-0.15, -0.1) is 0 Å². The third kappa shape index (κ3) is 2.86. The largest absolute Gasteiger partial charge is 0.0639 e. The van der Waals surface area contributed by atoms with Gasteiger partial charge in [-0.3, -0.25) is 0 Å². The topological polar surface area (TPSA) is 0 Å². The van der Waals surface area contributed by atoms with Crippen molar-refractivity contribution in [2.45, 2.75) is 20.8 Å². The van der Waals surface area contributed by atoms with Gasteiger partial charge >= 0.3 is 0 Å². The fraction of sp³-hybridized carbons (Fsp3) is 0.667. The summed E-state index contributed by atoms with van der Waals surface area (Å²) in [6.45, 7) is 6.46. The Kier molecular flexibility index (Phi) is 3.35. The summed E-state index contributed by atoms with van der Waals surface area (Å²) in [4.78, 5) is 1.97. The zero-order chi connectivity index (χ0) is 5.86. The summed E-state index contributed by atoms with van der Waals surface area (Å²) in [6.07, 6.45) is 0. The van der Waals surface area contributed by atoms with E-state index in [0.717, 1.165) is 0 Å². The van der Waals surface area contributed by atoms with E-state index in [1.165, 1.54) is 5.57 Å². The van der Waals surface area contributed by atoms with Gasteiger partial charge in [0.05, 0.1) is 0 Å². The first-order chi connectivity index (χ1) is 3.18. The lowest BCUT2D eigenvalue weighted by Gasteiger charge is -1.99. The molecule has 1 heteroatoms. The fourth-order valence-corrected chi connectivity index (χ4v) is 0.655. The van der Waals surface area contributed by atoms with E-state index >= 15 is 0 Å². The second-order valence-electron chi connectivity index (χ2n) is 2.01. The lowest BCUT2D eigenvalue weighted by atomic mass is 10.1. The SMILES string of the molecule is CC(=CBr)C(C)C. The molecule has 0 bridgehead atoms. The zero-order valence-corrected chi connectivity index (χ0v) is 6.62. The second kappa shape index (κ2) is 3.25. The summed E-state index contributed by atoms with van der Waals surface area (Å²) < 4.78 is 0. The van der Waals surface area contributed by atoms with E-state index < -0.39 is 0 Å². The third-order valence-electron chi connectivity index (χ3n) is 1.08. The summed E-state index contributed by atoms with van der Waals surface area (Å²) in [5.41, 5.74) is 1.39. The lowest BCUT2D eigenvalue weighted by Crippen LogP contribution is -1.84. The van der Waals surface area contributed by atoms with Crippen LogP contribution in [0.15, 0.2) is 10.6 Å². The van der Waals surface area contributed by atoms with Gasteiger partial charge < -0.3 is 0 Å². The van der Waals surface area contributed by atoms with Crippen molar-refractivity contribution in [2.75, 3.05) is 0 Å². The molecule has 0 heterocycles. The van der Waals surface area contributed by atoms with Crippen molar-refractivity contribution in [3.8, 4) is 0 Å². The van der Waals surface area contributed by atoms with Gasteiger partial charge in [-0.25, -0.2) is 0 Å². The van der Waals surface area contributed by atoms with E-state index in [1.807, 2.05) is 4.99 Å². The Labute approximate surface area is 53.7 Å². The van der Waals surface area contributed by atoms with Crippen LogP contribution < -0.4 is 0 Å². The van der Waals surface area contributed by atoms with E-state index in [1.54, 1.807) is 0 Å². The predicted molar refractivity (Wildman–Crippen MR) is 37.5 cm³/mol. The normalized spacial score (nSPS) is 13.0. The van der Waals surface area contributed by atoms with Crippen LogP contribution in [-0.2, 0) is 0 Å². The summed E-state index contributed by atoms with van der Waals surface area (Å²) in [5.74, 6) is 0.680. The monoisotopic (exact) mass is 162 g/mol. The van der Waals surface area contributed by atoms with Crippen LogP contribution in [0.2, 0.25) is 0 Å². The quantitative estimate of drug-likeness (QED) is 0.557. The molecule has 0 amide bonds. The molecule has 7 heavy (non-hydrogen) atoms. The summed E-state index contributed by atoms with van der Waals surface area (Å²) >= 11 is 3.25. The average molecular weight is 163 g/mol. The molecule has 0 aliphatic heterocycles. The predicted octanol–water partition coefficient (Wildman–Crippen LogP) is 2.94. The molecule has 0 fully saturated rings. The smallest absolute Gasteiger partial charge is 0.0197 e. The van der Waals surface area contributed by atoms with Gasteiger partial charge in [-0.05, 0) is 17.8 Å². The number of rotatable bonds is 1. The molecule has 0 saturated carbocycles. The first kappa shape index (κ1) is 7.22. The molecule has 0 rings (SSSR count). The molecule has 0 unspecified atom stereocenters. The van der Waals surface area contributed by atoms with E-state index in [4.69, 9.17) is 0 Å². The van der Waals surface area contributed by atoms with Crippen LogP contribution in [0.1, 0.15) is 20.8 Å². The molecule has 42 valence electrons. The van der Waals surface area contributed by atoms with Crippen LogP contribution in [0.3, 0.4) is 0 Å². The first-order valence-electron chi connectivity index (χ1n) is 2.45. The van der Waals surface area contributed by atoms with Crippen LogP contribution in [0.25, 0.3) is 0 Å². The lowest BCUT2D eigenvalue weighted by molar-refractivity contribution is 0.772. The summed E-state index contributed by atoms with van der Waals surface area (Å²) in [6, 6.07) is 0. The summed E-state index contributed by atoms with van der Waals surface area (Å²) in [7, 11) is 0. The molecule has 0 radical (unpaired) electrons. The Hall–Kier alpha value is 0.220. The highest BCUT2D eigenvalue weighted by atomic mass is 79.9. The van der Waals surface area contributed by atoms with Crippen molar-refractivity contribution >= 4 is 15.9 Å². The first-order valence-corrected chi connectivity index (χ1v) is 3.37. The van der Waals surface area contributed by atoms with E-state index in [9.17, 15) is 0 Å². The molecule has 0 aromatic carbocycles. The minimum absolute atomic E-state index is 0.680. The van der Waals surface area contributed by atoms with Crippen molar-refractivity contribution in [1.29, 1.82) is 0 Å². The molecule has 0 aliphatic carbocycles. The minimum atomic E-state index is 0.680. The Morgan fingerprint density at radius 1 is 1.57 bits per heavy atom. The van der Waals surface area contributed by atoms with E-state index in [0.29, 0.717) is 5.92 Å². The Bertz CT molecular complexity index is 72.2. The highest BCUT2D eigenvalue weighted by molar-refractivity contribution is 9.11. The molecule has 0 saturated heterocycles. The molecule has 0 aromatic heterocycles. The van der Waals surface area contributed by atoms with Gasteiger partial charge in [0.1, 0.15) is 0 Å². The van der Waals surface area contributed by atoms with Gasteiger partial charge in [-0.2, -0.15) is 0 Å². The molecule has 0 nitrogen and oxygen atoms in total. The van der Waals surface area contributed by atoms with Gasteiger partial charge in [0.2, 0.25) is 0 Å². The van der Waals surface area contributed by atoms with Crippen molar-refractivity contribution in [1.82, 2.24) is 0 Å². The maximum atomic E-state index is 3.25. The maximum Gasteiger partial charge on any atom is -0.0197 e. The summed E-state index contributed by atoms with van der Waals surface area (Å²) in [5, 5.41) is 0. The third-order valence-corrected chi connectivity index (χ3v) is 1.80. The van der Waals surface area contributed by atoms with E-state index in [2.05, 4.69) is 36.7 Å². The van der Waals surface area contributed by atoms with Crippen LogP contribution in [0, 0.1) is 5.92 Å². The zero-order valence-electron chi connectivity index (χ0n) is 5.03. The number of halogens is 1. The molecular formula is C6H11Br. The van der Waals surface area contributed by atoms with Gasteiger partial charge in [-0.1, -0.05) is 35.4 Å². The molecule has 0 atom stereocenters. The number of allylic oxidation sites excluding steroid dienone is 1. The highest BCUT2D eigenvalue weighted by Crippen LogP contribution is 2.08. The standard InChI is InChI=1S/C6H11Br/c1-5(2)6(3)4-7/h4-5H,1-3H3. The van der Waals surface area contributed by atoms with Crippen LogP contribution in [-0.4, -0.2) is 0 Å². The van der Waals surface area contributed by atoms with Gasteiger partial charge in [0.15, 0.2) is 0 Å². The molecular weight excluding hydrogens is 152 g/mol. The Morgan fingerprint density at radius 3 is 2.00 bits per heavy atom.